The molecule has 1 aromatic heterocycles. The Bertz CT molecular complexity index is 345. The van der Waals surface area contributed by atoms with Crippen LogP contribution >= 0.6 is 15.9 Å². The molecule has 0 fully saturated rings. The van der Waals surface area contributed by atoms with Crippen LogP contribution in [0.2, 0.25) is 0 Å². The third-order valence-corrected chi connectivity index (χ3v) is 2.66. The van der Waals surface area contributed by atoms with Gasteiger partial charge in [-0.1, -0.05) is 0 Å². The molecule has 0 saturated carbocycles. The van der Waals surface area contributed by atoms with Crippen LogP contribution < -0.4 is 0 Å². The fourth-order valence-corrected chi connectivity index (χ4v) is 2.00. The van der Waals surface area contributed by atoms with E-state index in [-0.39, 0.29) is 5.91 Å². The van der Waals surface area contributed by atoms with Gasteiger partial charge in [-0.15, -0.1) is 0 Å². The third kappa shape index (κ3) is 1.63. The number of carbonyl (C=O) groups is 1. The van der Waals surface area contributed by atoms with Crippen LogP contribution in [0.5, 0.6) is 0 Å². The Balaban J connectivity index is 2.33. The van der Waals surface area contributed by atoms with Crippen LogP contribution in [0.15, 0.2) is 15.2 Å². The van der Waals surface area contributed by atoms with E-state index in [9.17, 15) is 4.79 Å². The predicted octanol–water partition coefficient (Wildman–Crippen LogP) is 1.95. The Labute approximate surface area is 84.8 Å². The van der Waals surface area contributed by atoms with Crippen molar-refractivity contribution in [2.45, 2.75) is 19.4 Å². The minimum absolute atomic E-state index is 0.183. The molecule has 70 valence electrons. The van der Waals surface area contributed by atoms with E-state index in [1.165, 1.54) is 0 Å². The van der Waals surface area contributed by atoms with E-state index in [1.54, 1.807) is 4.90 Å². The van der Waals surface area contributed by atoms with Crippen molar-refractivity contribution in [3.8, 4) is 0 Å². The number of nitrogens with zero attached hydrogens (tertiary/aromatic N) is 1. The molecule has 0 aromatic carbocycles. The van der Waals surface area contributed by atoms with Gasteiger partial charge >= 0.3 is 0 Å². The molecule has 1 amide bonds. The summed E-state index contributed by atoms with van der Waals surface area (Å²) in [6.07, 6.45) is 1.26. The van der Waals surface area contributed by atoms with Crippen molar-refractivity contribution in [1.29, 1.82) is 0 Å². The fourth-order valence-electron chi connectivity index (χ4n) is 1.53. The molecule has 2 rings (SSSR count). The molecule has 0 aliphatic carbocycles. The van der Waals surface area contributed by atoms with Gasteiger partial charge in [-0.05, 0) is 22.0 Å². The zero-order chi connectivity index (χ0) is 9.42. The second-order valence-corrected chi connectivity index (χ2v) is 4.03. The lowest BCUT2D eigenvalue weighted by molar-refractivity contribution is -0.130. The summed E-state index contributed by atoms with van der Waals surface area (Å²) in [6, 6.07) is 1.93. The van der Waals surface area contributed by atoms with Gasteiger partial charge in [0.15, 0.2) is 4.67 Å². The summed E-state index contributed by atoms with van der Waals surface area (Å²) in [5.41, 5.74) is 1.11. The lowest BCUT2D eigenvalue weighted by atomic mass is 10.2. The Morgan fingerprint density at radius 2 is 2.31 bits per heavy atom. The normalized spacial score (nSPS) is 17.1. The van der Waals surface area contributed by atoms with Gasteiger partial charge in [0.2, 0.25) is 5.91 Å². The smallest absolute Gasteiger partial charge is 0.223 e. The first kappa shape index (κ1) is 8.81. The van der Waals surface area contributed by atoms with E-state index < -0.39 is 0 Å². The minimum atomic E-state index is 0.183. The van der Waals surface area contributed by atoms with Crippen LogP contribution in [0.3, 0.4) is 0 Å². The molecular weight excluding hydrogens is 234 g/mol. The molecule has 0 radical (unpaired) electrons. The highest BCUT2D eigenvalue weighted by Gasteiger charge is 2.20. The second kappa shape index (κ2) is 3.18. The molecule has 13 heavy (non-hydrogen) atoms. The fraction of sp³-hybridized carbons (Fsp3) is 0.444. The second-order valence-electron chi connectivity index (χ2n) is 3.25. The molecule has 2 heterocycles. The summed E-state index contributed by atoms with van der Waals surface area (Å²) in [5.74, 6) is 1.12. The van der Waals surface area contributed by atoms with Gasteiger partial charge < -0.3 is 9.32 Å². The number of amides is 1. The van der Waals surface area contributed by atoms with Crippen molar-refractivity contribution in [2.75, 3.05) is 7.05 Å². The maximum Gasteiger partial charge on any atom is 0.223 e. The Morgan fingerprint density at radius 1 is 1.54 bits per heavy atom. The van der Waals surface area contributed by atoms with E-state index in [0.29, 0.717) is 19.4 Å². The zero-order valence-electron chi connectivity index (χ0n) is 7.34. The van der Waals surface area contributed by atoms with Crippen molar-refractivity contribution < 1.29 is 9.21 Å². The molecular formula is C9H10BrNO2. The van der Waals surface area contributed by atoms with Gasteiger partial charge in [0, 0.05) is 32.0 Å². The summed E-state index contributed by atoms with van der Waals surface area (Å²) in [7, 11) is 1.82. The molecule has 0 atom stereocenters. The van der Waals surface area contributed by atoms with Gasteiger partial charge in [0.25, 0.3) is 0 Å². The van der Waals surface area contributed by atoms with Gasteiger partial charge in [-0.3, -0.25) is 4.79 Å². The van der Waals surface area contributed by atoms with Crippen LogP contribution in [-0.2, 0) is 17.8 Å². The van der Waals surface area contributed by atoms with Crippen molar-refractivity contribution in [3.05, 3.63) is 22.1 Å². The largest absolute Gasteiger partial charge is 0.454 e. The van der Waals surface area contributed by atoms with Crippen molar-refractivity contribution in [3.63, 3.8) is 0 Å². The lowest BCUT2D eigenvalue weighted by Crippen LogP contribution is -2.23. The first-order valence-electron chi connectivity index (χ1n) is 4.18. The number of furan rings is 1. The Morgan fingerprint density at radius 3 is 3.08 bits per heavy atom. The lowest BCUT2D eigenvalue weighted by Gasteiger charge is -2.12. The van der Waals surface area contributed by atoms with Crippen molar-refractivity contribution in [1.82, 2.24) is 4.90 Å². The van der Waals surface area contributed by atoms with Crippen molar-refractivity contribution >= 4 is 21.8 Å². The number of hydrogen-bond acceptors (Lipinski definition) is 2. The molecule has 4 heteroatoms. The van der Waals surface area contributed by atoms with Gasteiger partial charge in [-0.25, -0.2) is 0 Å². The van der Waals surface area contributed by atoms with Crippen LogP contribution in [-0.4, -0.2) is 17.9 Å². The van der Waals surface area contributed by atoms with Gasteiger partial charge in [0.05, 0.1) is 0 Å². The van der Waals surface area contributed by atoms with Crippen LogP contribution in [0.4, 0.5) is 0 Å². The summed E-state index contributed by atoms with van der Waals surface area (Å²) in [4.78, 5) is 13.1. The average Bonchev–Trinajstić information content (AvgIpc) is 2.36. The van der Waals surface area contributed by atoms with E-state index in [0.717, 1.165) is 16.0 Å². The minimum Gasteiger partial charge on any atom is -0.454 e. The Hall–Kier alpha value is -0.770. The van der Waals surface area contributed by atoms with E-state index >= 15 is 0 Å². The highest BCUT2D eigenvalue weighted by molar-refractivity contribution is 9.10. The van der Waals surface area contributed by atoms with E-state index in [1.807, 2.05) is 13.1 Å². The molecule has 0 N–H and O–H groups in total. The highest BCUT2D eigenvalue weighted by Crippen LogP contribution is 2.25. The first-order valence-corrected chi connectivity index (χ1v) is 4.97. The average molecular weight is 244 g/mol. The third-order valence-electron chi connectivity index (χ3n) is 2.27. The molecule has 0 unspecified atom stereocenters. The van der Waals surface area contributed by atoms with Crippen molar-refractivity contribution in [2.24, 2.45) is 0 Å². The molecule has 0 bridgehead atoms. The predicted molar refractivity (Wildman–Crippen MR) is 51.2 cm³/mol. The van der Waals surface area contributed by atoms with Crippen LogP contribution in [0, 0.1) is 0 Å². The SMILES string of the molecule is CN1Cc2cc(Br)oc2CCC1=O. The number of hydrogen-bond donors (Lipinski definition) is 0. The number of aryl methyl sites for hydroxylation is 1. The molecule has 0 spiro atoms. The van der Waals surface area contributed by atoms with Crippen LogP contribution in [0.25, 0.3) is 0 Å². The monoisotopic (exact) mass is 243 g/mol. The first-order chi connectivity index (χ1) is 6.16. The molecule has 0 saturated heterocycles. The topological polar surface area (TPSA) is 33.5 Å². The van der Waals surface area contributed by atoms with Crippen LogP contribution in [0.1, 0.15) is 17.7 Å². The zero-order valence-corrected chi connectivity index (χ0v) is 8.93. The quantitative estimate of drug-likeness (QED) is 0.698. The number of rotatable bonds is 0. The summed E-state index contributed by atoms with van der Waals surface area (Å²) in [6.45, 7) is 0.656. The van der Waals surface area contributed by atoms with Gasteiger partial charge in [-0.2, -0.15) is 0 Å². The molecule has 1 aliphatic heterocycles. The molecule has 1 aromatic rings. The number of fused-ring (bicyclic) bond motifs is 1. The number of carbonyl (C=O) groups excluding carboxylic acids is 1. The summed E-state index contributed by atoms with van der Waals surface area (Å²) < 4.78 is 6.17. The molecule has 3 nitrogen and oxygen atoms in total. The maximum atomic E-state index is 11.3. The number of halogens is 1. The highest BCUT2D eigenvalue weighted by atomic mass is 79.9. The maximum absolute atomic E-state index is 11.3. The van der Waals surface area contributed by atoms with E-state index in [2.05, 4.69) is 15.9 Å². The summed E-state index contributed by atoms with van der Waals surface area (Å²) >= 11 is 3.28. The Kier molecular flexibility index (Phi) is 2.15. The molecule has 1 aliphatic rings. The van der Waals surface area contributed by atoms with E-state index in [4.69, 9.17) is 4.42 Å². The van der Waals surface area contributed by atoms with Gasteiger partial charge in [0.1, 0.15) is 5.76 Å². The summed E-state index contributed by atoms with van der Waals surface area (Å²) in [5, 5.41) is 0. The standard InChI is InChI=1S/C9H10BrNO2/c1-11-5-6-4-8(10)13-7(6)2-3-9(11)12/h4H,2-3,5H2,1H3.